The summed E-state index contributed by atoms with van der Waals surface area (Å²) in [6.45, 7) is 7.47. The van der Waals surface area contributed by atoms with E-state index in [2.05, 4.69) is 142 Å². The van der Waals surface area contributed by atoms with Crippen molar-refractivity contribution in [3.63, 3.8) is 0 Å². The van der Waals surface area contributed by atoms with Gasteiger partial charge in [0.1, 0.15) is 0 Å². The van der Waals surface area contributed by atoms with Crippen molar-refractivity contribution in [2.24, 2.45) is 0 Å². The fraction of sp³-hybridized carbons (Fsp3) is 0.111. The average molecular weight is 628 g/mol. The molecule has 0 aromatic heterocycles. The van der Waals surface area contributed by atoms with Gasteiger partial charge in [-0.1, -0.05) is 97.8 Å². The van der Waals surface area contributed by atoms with Crippen molar-refractivity contribution >= 4 is 28.4 Å². The molecule has 0 aliphatic carbocycles. The van der Waals surface area contributed by atoms with Crippen molar-refractivity contribution in [1.29, 1.82) is 0 Å². The minimum absolute atomic E-state index is 0. The summed E-state index contributed by atoms with van der Waals surface area (Å²) >= 11 is 1.36. The van der Waals surface area contributed by atoms with E-state index in [9.17, 15) is 0 Å². The van der Waals surface area contributed by atoms with E-state index < -0.39 is 0 Å². The Balaban J connectivity index is 0.000000655. The van der Waals surface area contributed by atoms with E-state index in [4.69, 9.17) is 0 Å². The number of rotatable bonds is 4. The molecule has 0 heterocycles. The molecule has 0 aliphatic heterocycles. The van der Waals surface area contributed by atoms with E-state index in [1.54, 1.807) is 0 Å². The first-order valence-electron chi connectivity index (χ1n) is 12.5. The topological polar surface area (TPSA) is 0 Å². The Bertz CT molecular complexity index is 1420. The van der Waals surface area contributed by atoms with E-state index in [0.717, 1.165) is 12.8 Å². The number of fused-ring (bicyclic) bond motifs is 2. The van der Waals surface area contributed by atoms with Gasteiger partial charge in [-0.2, -0.15) is 12.1 Å². The first-order chi connectivity index (χ1) is 17.8. The molecule has 0 nitrogen and oxygen atoms in total. The number of hydrogen-bond acceptors (Lipinski definition) is 0. The van der Waals surface area contributed by atoms with Gasteiger partial charge in [0.2, 0.25) is 0 Å². The molecular weight excluding hydrogens is 590 g/mol. The molecule has 0 N–H and O–H groups in total. The van der Waals surface area contributed by atoms with Gasteiger partial charge in [0.05, 0.1) is 0 Å². The van der Waals surface area contributed by atoms with Crippen molar-refractivity contribution in [1.82, 2.24) is 0 Å². The van der Waals surface area contributed by atoms with Crippen LogP contribution in [0, 0.1) is 14.9 Å². The van der Waals surface area contributed by atoms with E-state index in [1.807, 2.05) is 0 Å². The molecule has 0 amide bonds. The maximum absolute atomic E-state index is 3.06. The van der Waals surface area contributed by atoms with Crippen LogP contribution in [0.2, 0.25) is 0 Å². The van der Waals surface area contributed by atoms with Crippen LogP contribution in [0.3, 0.4) is 0 Å². The van der Waals surface area contributed by atoms with Crippen LogP contribution in [0.25, 0.3) is 43.8 Å². The molecule has 0 unspecified atom stereocenters. The molecule has 6 rings (SSSR count). The molecule has 0 spiro atoms. The maximum atomic E-state index is 3.06. The van der Waals surface area contributed by atoms with E-state index in [1.165, 1.54) is 78.3 Å². The molecule has 0 saturated heterocycles. The molecule has 208 valence electrons. The van der Waals surface area contributed by atoms with Gasteiger partial charge in [0, 0.05) is 0 Å². The Labute approximate surface area is 256 Å². The summed E-state index contributed by atoms with van der Waals surface area (Å²) in [6.07, 6.45) is 2.20. The Morgan fingerprint density at radius 2 is 0.875 bits per heavy atom. The summed E-state index contributed by atoms with van der Waals surface area (Å²) in [6, 6.07) is 43.5. The molecule has 4 heteroatoms. The average Bonchev–Trinajstić information content (AvgIpc) is 3.59. The van der Waals surface area contributed by atoms with Crippen molar-refractivity contribution < 1.29 is 32.7 Å². The third-order valence-electron chi connectivity index (χ3n) is 6.61. The molecule has 0 saturated carbocycles. The second kappa shape index (κ2) is 18.4. The number of aryl methyl sites for hydroxylation is 2. The summed E-state index contributed by atoms with van der Waals surface area (Å²) in [4.78, 5) is 0. The van der Waals surface area contributed by atoms with Gasteiger partial charge >= 0.3 is 30.2 Å². The molecule has 0 aliphatic rings. The molecule has 2 radical (unpaired) electrons. The van der Waals surface area contributed by atoms with Crippen LogP contribution in [0.15, 0.2) is 121 Å². The third kappa shape index (κ3) is 8.53. The standard InChI is InChI=1S/2C17H15.2CH3.2FH.Si.Zr/c2*1-2-13-11-15-9-6-10-16(17(15)12-13)14-7-4-3-5-8-14;;;;;;/h2*3-12H,2H2,1H3;2*1H3;2*1H;;/q4*-1;;;;. The van der Waals surface area contributed by atoms with Crippen LogP contribution in [-0.4, -0.2) is 6.88 Å². The molecule has 6 aromatic rings. The molecule has 40 heavy (non-hydrogen) atoms. The number of halogens is 2. The summed E-state index contributed by atoms with van der Waals surface area (Å²) in [5.41, 5.74) is 8.11. The quantitative estimate of drug-likeness (QED) is 0.135. The molecule has 0 atom stereocenters. The van der Waals surface area contributed by atoms with E-state index in [0.29, 0.717) is 0 Å². The minimum atomic E-state index is 0. The predicted molar refractivity (Wildman–Crippen MR) is 172 cm³/mol. The fourth-order valence-corrected chi connectivity index (χ4v) is 4.74. The van der Waals surface area contributed by atoms with Gasteiger partial charge in [-0.05, 0) is 24.0 Å². The number of hydrogen-bond donors (Lipinski definition) is 0. The van der Waals surface area contributed by atoms with Gasteiger partial charge < -0.3 is 14.9 Å². The zero-order chi connectivity index (χ0) is 25.3. The summed E-state index contributed by atoms with van der Waals surface area (Å²) in [7, 11) is 0. The van der Waals surface area contributed by atoms with Crippen molar-refractivity contribution in [2.45, 2.75) is 26.7 Å². The Morgan fingerprint density at radius 1 is 0.525 bits per heavy atom. The first-order valence-corrected chi connectivity index (χ1v) is 16.7. The molecule has 6 aromatic carbocycles. The normalized spacial score (nSPS) is 9.32. The van der Waals surface area contributed by atoms with Crippen LogP contribution < -0.4 is 0 Å². The number of benzene rings is 4. The van der Waals surface area contributed by atoms with Gasteiger partial charge in [-0.15, -0.1) is 69.1 Å². The third-order valence-corrected chi connectivity index (χ3v) is 6.61. The molecule has 0 fully saturated rings. The van der Waals surface area contributed by atoms with E-state index in [-0.39, 0.29) is 24.3 Å². The van der Waals surface area contributed by atoms with Crippen molar-refractivity contribution in [3.05, 3.63) is 147 Å². The zero-order valence-corrected chi connectivity index (χ0v) is 27.2. The molecular formula is C36H38F2SiZr-4. The van der Waals surface area contributed by atoms with Crippen LogP contribution >= 0.6 is 0 Å². The predicted octanol–water partition coefficient (Wildman–Crippen LogP) is 10.4. The van der Waals surface area contributed by atoms with Crippen LogP contribution in [0.1, 0.15) is 25.0 Å². The summed E-state index contributed by atoms with van der Waals surface area (Å²) in [5.74, 6) is 0. The summed E-state index contributed by atoms with van der Waals surface area (Å²) in [5, 5.41) is 5.44. The Hall–Kier alpha value is -2.94. The zero-order valence-electron chi connectivity index (χ0n) is 23.8. The van der Waals surface area contributed by atoms with Gasteiger partial charge in [0.15, 0.2) is 0 Å². The SMILES string of the molecule is CCc1cc2c(-c3ccccc3)cccc2[cH-]1.CCc1cc2c(-c3ccccc3)cccc2[cH-]1.F.F.[CH3-].[CH3-].[Si]=[Zr]. The summed E-state index contributed by atoms with van der Waals surface area (Å²) < 4.78 is 0. The Kier molecular flexibility index (Phi) is 17.1. The monoisotopic (exact) mass is 626 g/mol. The Morgan fingerprint density at radius 3 is 1.20 bits per heavy atom. The van der Waals surface area contributed by atoms with Crippen LogP contribution in [-0.2, 0) is 36.2 Å². The second-order valence-corrected chi connectivity index (χ2v) is 8.78. The second-order valence-electron chi connectivity index (χ2n) is 8.78. The van der Waals surface area contributed by atoms with Crippen molar-refractivity contribution in [2.75, 3.05) is 0 Å². The van der Waals surface area contributed by atoms with Crippen molar-refractivity contribution in [3.8, 4) is 22.3 Å². The fourth-order valence-electron chi connectivity index (χ4n) is 4.74. The van der Waals surface area contributed by atoms with Crippen LogP contribution in [0.5, 0.6) is 0 Å². The van der Waals surface area contributed by atoms with Gasteiger partial charge in [0.25, 0.3) is 0 Å². The molecule has 0 bridgehead atoms. The van der Waals surface area contributed by atoms with Crippen LogP contribution in [0.4, 0.5) is 9.41 Å². The van der Waals surface area contributed by atoms with Gasteiger partial charge in [-0.3, -0.25) is 9.41 Å². The van der Waals surface area contributed by atoms with Gasteiger partial charge in [-0.25, -0.2) is 0 Å². The van der Waals surface area contributed by atoms with E-state index >= 15 is 0 Å². The first kappa shape index (κ1) is 37.1.